The predicted molar refractivity (Wildman–Crippen MR) is 121 cm³/mol. The number of methoxy groups -OCH3 is 2. The molecule has 0 saturated heterocycles. The number of carbonyl (C=O) groups is 1. The molecular formula is C26H23NO4. The maximum Gasteiger partial charge on any atom is 0.252 e. The number of hydrogen-bond acceptors (Lipinski definition) is 4. The highest BCUT2D eigenvalue weighted by Crippen LogP contribution is 2.36. The van der Waals surface area contributed by atoms with Crippen LogP contribution in [0.15, 0.2) is 84.9 Å². The molecular weight excluding hydrogens is 390 g/mol. The van der Waals surface area contributed by atoms with Crippen LogP contribution in [0.2, 0.25) is 0 Å². The number of fused-ring (bicyclic) bond motifs is 1. The first-order valence-electron chi connectivity index (χ1n) is 9.90. The summed E-state index contributed by atoms with van der Waals surface area (Å²) in [6.07, 6.45) is 0. The number of ether oxygens (including phenoxy) is 2. The first-order chi connectivity index (χ1) is 15.1. The third-order valence-electron chi connectivity index (χ3n) is 5.31. The van der Waals surface area contributed by atoms with Crippen LogP contribution in [0, 0.1) is 0 Å². The van der Waals surface area contributed by atoms with E-state index in [1.807, 2.05) is 54.6 Å². The maximum absolute atomic E-state index is 13.1. The molecule has 1 unspecified atom stereocenters. The lowest BCUT2D eigenvalue weighted by molar-refractivity contribution is 0.0943. The number of nitrogens with one attached hydrogen (secondary N) is 1. The number of phenols is 1. The molecule has 5 heteroatoms. The lowest BCUT2D eigenvalue weighted by Gasteiger charge is -2.23. The molecule has 0 spiro atoms. The SMILES string of the molecule is COc1ccc(C(=O)NC(c2ccc(OC)cc2)c2c(O)ccc3ccccc23)cc1. The zero-order valence-electron chi connectivity index (χ0n) is 17.3. The van der Waals surface area contributed by atoms with Gasteiger partial charge in [-0.05, 0) is 58.8 Å². The van der Waals surface area contributed by atoms with Crippen molar-refractivity contribution in [3.05, 3.63) is 102 Å². The van der Waals surface area contributed by atoms with E-state index in [2.05, 4.69) is 5.32 Å². The maximum atomic E-state index is 13.1. The summed E-state index contributed by atoms with van der Waals surface area (Å²) in [5.41, 5.74) is 1.97. The van der Waals surface area contributed by atoms with Gasteiger partial charge >= 0.3 is 0 Å². The van der Waals surface area contributed by atoms with E-state index in [9.17, 15) is 9.90 Å². The Kier molecular flexibility index (Phi) is 5.76. The van der Waals surface area contributed by atoms with E-state index < -0.39 is 6.04 Å². The minimum Gasteiger partial charge on any atom is -0.508 e. The van der Waals surface area contributed by atoms with Gasteiger partial charge in [0.25, 0.3) is 5.91 Å². The first kappa shape index (κ1) is 20.3. The number of carbonyl (C=O) groups excluding carboxylic acids is 1. The highest BCUT2D eigenvalue weighted by atomic mass is 16.5. The Morgan fingerprint density at radius 1 is 0.806 bits per heavy atom. The van der Waals surface area contributed by atoms with Gasteiger partial charge in [-0.15, -0.1) is 0 Å². The van der Waals surface area contributed by atoms with Gasteiger partial charge in [0.1, 0.15) is 17.2 Å². The Morgan fingerprint density at radius 3 is 2.06 bits per heavy atom. The molecule has 0 aromatic heterocycles. The molecule has 4 rings (SSSR count). The Morgan fingerprint density at radius 2 is 1.42 bits per heavy atom. The van der Waals surface area contributed by atoms with Gasteiger partial charge in [0.15, 0.2) is 0 Å². The number of phenolic OH excluding ortho intramolecular Hbond substituents is 1. The van der Waals surface area contributed by atoms with E-state index in [1.54, 1.807) is 44.6 Å². The minimum atomic E-state index is -0.563. The fourth-order valence-electron chi connectivity index (χ4n) is 3.66. The van der Waals surface area contributed by atoms with Crippen molar-refractivity contribution in [2.75, 3.05) is 14.2 Å². The highest BCUT2D eigenvalue weighted by molar-refractivity contribution is 5.96. The molecule has 0 aliphatic rings. The van der Waals surface area contributed by atoms with Gasteiger partial charge in [0.2, 0.25) is 0 Å². The quantitative estimate of drug-likeness (QED) is 0.462. The summed E-state index contributed by atoms with van der Waals surface area (Å²) in [4.78, 5) is 13.1. The van der Waals surface area contributed by atoms with Crippen LogP contribution in [-0.2, 0) is 0 Å². The second kappa shape index (κ2) is 8.79. The lowest BCUT2D eigenvalue weighted by atomic mass is 9.92. The van der Waals surface area contributed by atoms with Crippen molar-refractivity contribution in [3.8, 4) is 17.2 Å². The molecule has 0 aliphatic carbocycles. The van der Waals surface area contributed by atoms with Gasteiger partial charge in [-0.1, -0.05) is 42.5 Å². The third kappa shape index (κ3) is 4.16. The zero-order chi connectivity index (χ0) is 21.8. The number of amides is 1. The summed E-state index contributed by atoms with van der Waals surface area (Å²) < 4.78 is 10.5. The molecule has 0 fully saturated rings. The second-order valence-electron chi connectivity index (χ2n) is 7.13. The van der Waals surface area contributed by atoms with Crippen LogP contribution in [0.4, 0.5) is 0 Å². The van der Waals surface area contributed by atoms with Crippen molar-refractivity contribution >= 4 is 16.7 Å². The van der Waals surface area contributed by atoms with Crippen LogP contribution in [0.25, 0.3) is 10.8 Å². The van der Waals surface area contributed by atoms with Gasteiger partial charge in [0.05, 0.1) is 20.3 Å². The molecule has 0 saturated carbocycles. The summed E-state index contributed by atoms with van der Waals surface area (Å²) in [6.45, 7) is 0. The summed E-state index contributed by atoms with van der Waals surface area (Å²) in [5, 5.41) is 15.7. The van der Waals surface area contributed by atoms with E-state index in [1.165, 1.54) is 0 Å². The van der Waals surface area contributed by atoms with Crippen molar-refractivity contribution in [2.24, 2.45) is 0 Å². The normalized spacial score (nSPS) is 11.7. The van der Waals surface area contributed by atoms with Crippen LogP contribution >= 0.6 is 0 Å². The van der Waals surface area contributed by atoms with Crippen molar-refractivity contribution in [2.45, 2.75) is 6.04 Å². The molecule has 1 atom stereocenters. The van der Waals surface area contributed by atoms with E-state index in [4.69, 9.17) is 9.47 Å². The van der Waals surface area contributed by atoms with E-state index in [0.29, 0.717) is 22.6 Å². The van der Waals surface area contributed by atoms with Crippen molar-refractivity contribution in [1.29, 1.82) is 0 Å². The smallest absolute Gasteiger partial charge is 0.252 e. The van der Waals surface area contributed by atoms with Gasteiger partial charge in [-0.3, -0.25) is 4.79 Å². The number of benzene rings is 4. The molecule has 156 valence electrons. The minimum absolute atomic E-state index is 0.120. The molecule has 0 bridgehead atoms. The molecule has 0 radical (unpaired) electrons. The lowest BCUT2D eigenvalue weighted by Crippen LogP contribution is -2.29. The third-order valence-corrected chi connectivity index (χ3v) is 5.31. The topological polar surface area (TPSA) is 67.8 Å². The fourth-order valence-corrected chi connectivity index (χ4v) is 3.66. The summed E-state index contributed by atoms with van der Waals surface area (Å²) in [6, 6.07) is 25.1. The molecule has 2 N–H and O–H groups in total. The summed E-state index contributed by atoms with van der Waals surface area (Å²) >= 11 is 0. The Bertz CT molecular complexity index is 1200. The second-order valence-corrected chi connectivity index (χ2v) is 7.13. The summed E-state index contributed by atoms with van der Waals surface area (Å²) in [7, 11) is 3.19. The average molecular weight is 413 g/mol. The van der Waals surface area contributed by atoms with Crippen LogP contribution in [0.5, 0.6) is 17.2 Å². The van der Waals surface area contributed by atoms with E-state index in [0.717, 1.165) is 16.3 Å². The van der Waals surface area contributed by atoms with Gasteiger partial charge in [-0.2, -0.15) is 0 Å². The molecule has 5 nitrogen and oxygen atoms in total. The van der Waals surface area contributed by atoms with Crippen LogP contribution in [0.1, 0.15) is 27.5 Å². The molecule has 1 amide bonds. The fraction of sp³-hybridized carbons (Fsp3) is 0.115. The van der Waals surface area contributed by atoms with Crippen LogP contribution < -0.4 is 14.8 Å². The summed E-state index contributed by atoms with van der Waals surface area (Å²) in [5.74, 6) is 1.26. The van der Waals surface area contributed by atoms with Gasteiger partial charge in [-0.25, -0.2) is 0 Å². The Labute approximate surface area is 180 Å². The number of aromatic hydroxyl groups is 1. The average Bonchev–Trinajstić information content (AvgIpc) is 2.83. The van der Waals surface area contributed by atoms with E-state index >= 15 is 0 Å². The molecule has 0 aliphatic heterocycles. The molecule has 4 aromatic carbocycles. The Balaban J connectivity index is 1.80. The van der Waals surface area contributed by atoms with Crippen molar-refractivity contribution in [1.82, 2.24) is 5.32 Å². The van der Waals surface area contributed by atoms with Crippen LogP contribution in [0.3, 0.4) is 0 Å². The van der Waals surface area contributed by atoms with E-state index in [-0.39, 0.29) is 11.7 Å². The van der Waals surface area contributed by atoms with Crippen molar-refractivity contribution < 1.29 is 19.4 Å². The molecule has 31 heavy (non-hydrogen) atoms. The highest BCUT2D eigenvalue weighted by Gasteiger charge is 2.23. The van der Waals surface area contributed by atoms with Gasteiger partial charge in [0, 0.05) is 11.1 Å². The largest absolute Gasteiger partial charge is 0.508 e. The standard InChI is InChI=1S/C26H23NO4/c1-30-20-12-7-18(8-13-20)25(27-26(29)19-9-14-21(31-2)15-10-19)24-22-6-4-3-5-17(22)11-16-23(24)28/h3-16,25,28H,1-2H3,(H,27,29). The Hall–Kier alpha value is -3.99. The monoisotopic (exact) mass is 413 g/mol. The molecule has 4 aromatic rings. The zero-order valence-corrected chi connectivity index (χ0v) is 17.3. The van der Waals surface area contributed by atoms with Gasteiger partial charge < -0.3 is 19.9 Å². The first-order valence-corrected chi connectivity index (χ1v) is 9.90. The number of rotatable bonds is 6. The van der Waals surface area contributed by atoms with Crippen molar-refractivity contribution in [3.63, 3.8) is 0 Å². The number of hydrogen-bond donors (Lipinski definition) is 2. The molecule has 0 heterocycles. The van der Waals surface area contributed by atoms with Crippen LogP contribution in [-0.4, -0.2) is 25.2 Å². The predicted octanol–water partition coefficient (Wildman–Crippen LogP) is 5.08.